The third kappa shape index (κ3) is 1.26. The van der Waals surface area contributed by atoms with Crippen molar-refractivity contribution in [1.82, 2.24) is 0 Å². The van der Waals surface area contributed by atoms with E-state index in [2.05, 4.69) is 33.2 Å². The Morgan fingerprint density at radius 1 is 1.17 bits per heavy atom. The van der Waals surface area contributed by atoms with Crippen molar-refractivity contribution in [1.29, 1.82) is 0 Å². The average molecular weight is 234 g/mol. The van der Waals surface area contributed by atoms with Crippen LogP contribution in [0.2, 0.25) is 0 Å². The smallest absolute Gasteiger partial charge is 0.191 e. The zero-order valence-electron chi connectivity index (χ0n) is 9.54. The predicted octanol–water partition coefficient (Wildman–Crippen LogP) is 0.631. The quantitative estimate of drug-likeness (QED) is 0.714. The molecule has 0 saturated carbocycles. The highest BCUT2D eigenvalue weighted by Gasteiger charge is 2.08. The van der Waals surface area contributed by atoms with Gasteiger partial charge < -0.3 is 0 Å². The van der Waals surface area contributed by atoms with Crippen molar-refractivity contribution in [2.75, 3.05) is 0 Å². The summed E-state index contributed by atoms with van der Waals surface area (Å²) < 4.78 is 0. The molecule has 18 heavy (non-hydrogen) atoms. The average Bonchev–Trinajstić information content (AvgIpc) is 2.85. The minimum absolute atomic E-state index is 0.480. The summed E-state index contributed by atoms with van der Waals surface area (Å²) in [7, 11) is 0. The molecule has 0 aliphatic carbocycles. The van der Waals surface area contributed by atoms with E-state index in [9.17, 15) is 0 Å². The van der Waals surface area contributed by atoms with Gasteiger partial charge in [-0.2, -0.15) is 0 Å². The number of nitrogens with two attached hydrogens (primary N) is 1. The molecule has 2 N–H and O–H groups in total. The van der Waals surface area contributed by atoms with E-state index in [4.69, 9.17) is 5.73 Å². The lowest BCUT2D eigenvalue weighted by molar-refractivity contribution is 0.726. The summed E-state index contributed by atoms with van der Waals surface area (Å²) in [5.41, 5.74) is 7.74. The van der Waals surface area contributed by atoms with E-state index in [0.29, 0.717) is 0 Å². The number of aliphatic imine (C=N–C) groups is 2. The molecule has 0 aromatic heterocycles. The molecule has 2 aliphatic heterocycles. The van der Waals surface area contributed by atoms with E-state index in [1.54, 1.807) is 6.21 Å². The van der Waals surface area contributed by atoms with Crippen LogP contribution in [0.3, 0.4) is 0 Å². The largest absolute Gasteiger partial charge is 0.291 e. The van der Waals surface area contributed by atoms with Gasteiger partial charge in [0.05, 0.1) is 11.0 Å². The zero-order chi connectivity index (χ0) is 12.1. The Kier molecular flexibility index (Phi) is 1.79. The number of hydrogen-bond donors (Lipinski definition) is 1. The molecule has 0 saturated heterocycles. The van der Waals surface area contributed by atoms with Gasteiger partial charge in [0.2, 0.25) is 0 Å². The number of rotatable bonds is 0. The van der Waals surface area contributed by atoms with E-state index >= 15 is 0 Å². The second kappa shape index (κ2) is 3.34. The molecule has 4 heteroatoms. The Morgan fingerprint density at radius 3 is 3.06 bits per heavy atom. The highest BCUT2D eigenvalue weighted by Crippen LogP contribution is 2.17. The van der Waals surface area contributed by atoms with Gasteiger partial charge in [-0.3, -0.25) is 15.7 Å². The minimum atomic E-state index is -0.480. The van der Waals surface area contributed by atoms with E-state index in [1.807, 2.05) is 18.4 Å². The first kappa shape index (κ1) is 9.67. The van der Waals surface area contributed by atoms with Crippen molar-refractivity contribution >= 4 is 35.0 Å². The van der Waals surface area contributed by atoms with Crippen LogP contribution in [0.25, 0.3) is 16.8 Å². The highest BCUT2D eigenvalue weighted by atomic mass is 15.1. The first-order chi connectivity index (χ1) is 8.81. The fourth-order valence-electron chi connectivity index (χ4n) is 2.42. The van der Waals surface area contributed by atoms with Crippen LogP contribution in [0.1, 0.15) is 5.56 Å². The fraction of sp³-hybridized carbons (Fsp3) is 0.0714. The lowest BCUT2D eigenvalue weighted by Crippen LogP contribution is -2.25. The molecule has 0 amide bonds. The maximum Gasteiger partial charge on any atom is 0.191 e. The van der Waals surface area contributed by atoms with E-state index < -0.39 is 6.29 Å². The third-order valence-electron chi connectivity index (χ3n) is 3.28. The molecule has 0 fully saturated rings. The summed E-state index contributed by atoms with van der Waals surface area (Å²) in [4.78, 5) is 12.8. The fourth-order valence-corrected chi connectivity index (χ4v) is 2.42. The topological polar surface area (TPSA) is 63.1 Å². The van der Waals surface area contributed by atoms with E-state index in [1.165, 1.54) is 5.39 Å². The second-order valence-electron chi connectivity index (χ2n) is 4.40. The lowest BCUT2D eigenvalue weighted by atomic mass is 10.0. The van der Waals surface area contributed by atoms with Crippen molar-refractivity contribution in [3.8, 4) is 0 Å². The number of fused-ring (bicyclic) bond motifs is 4. The predicted molar refractivity (Wildman–Crippen MR) is 72.9 cm³/mol. The number of hydrogen-bond acceptors (Lipinski definition) is 4. The minimum Gasteiger partial charge on any atom is -0.291 e. The van der Waals surface area contributed by atoms with Crippen molar-refractivity contribution in [2.45, 2.75) is 6.29 Å². The monoisotopic (exact) mass is 234 g/mol. The van der Waals surface area contributed by atoms with Crippen LogP contribution in [0.4, 0.5) is 5.69 Å². The standard InChI is InChI=1S/C14H10N4/c15-14-17-7-9-5-8-1-2-12-10(3-4-16-12)11(8)6-13(9)18-14/h1-7,14H,15H2. The zero-order valence-corrected chi connectivity index (χ0v) is 9.54. The summed E-state index contributed by atoms with van der Waals surface area (Å²) in [6.07, 6.45) is 5.17. The van der Waals surface area contributed by atoms with Crippen LogP contribution in [-0.2, 0) is 0 Å². The van der Waals surface area contributed by atoms with E-state index in [-0.39, 0.29) is 0 Å². The van der Waals surface area contributed by atoms with Crippen LogP contribution in [0.5, 0.6) is 0 Å². The summed E-state index contributed by atoms with van der Waals surface area (Å²) in [5, 5.41) is 4.39. The van der Waals surface area contributed by atoms with Crippen LogP contribution in [0.15, 0.2) is 39.2 Å². The maximum atomic E-state index is 5.71. The van der Waals surface area contributed by atoms with Crippen molar-refractivity contribution in [3.63, 3.8) is 0 Å². The number of nitrogens with zero attached hydrogens (tertiary/aromatic N) is 3. The molecular formula is C14H10N4. The van der Waals surface area contributed by atoms with E-state index in [0.717, 1.165) is 27.2 Å². The molecule has 2 heterocycles. The molecule has 4 rings (SSSR count). The first-order valence-electron chi connectivity index (χ1n) is 5.79. The summed E-state index contributed by atoms with van der Waals surface area (Å²) >= 11 is 0. The molecule has 1 unspecified atom stereocenters. The second-order valence-corrected chi connectivity index (χ2v) is 4.40. The summed E-state index contributed by atoms with van der Waals surface area (Å²) in [5.74, 6) is 0. The third-order valence-corrected chi connectivity index (χ3v) is 3.28. The molecule has 1 atom stereocenters. The highest BCUT2D eigenvalue weighted by molar-refractivity contribution is 6.03. The molecule has 86 valence electrons. The van der Waals surface area contributed by atoms with Crippen molar-refractivity contribution < 1.29 is 0 Å². The van der Waals surface area contributed by atoms with Crippen molar-refractivity contribution in [3.05, 3.63) is 40.4 Å². The molecule has 2 aliphatic rings. The van der Waals surface area contributed by atoms with Crippen LogP contribution >= 0.6 is 0 Å². The first-order valence-corrected chi connectivity index (χ1v) is 5.79. The number of benzene rings is 2. The molecule has 0 bridgehead atoms. The Balaban J connectivity index is 2.17. The normalized spacial score (nSPS) is 19.3. The van der Waals surface area contributed by atoms with Gasteiger partial charge >= 0.3 is 0 Å². The SMILES string of the molecule is NC1N=Cc2cc3ccc4c(c3cc2=N1)=CC=N4. The van der Waals surface area contributed by atoms with Crippen molar-refractivity contribution in [2.24, 2.45) is 20.7 Å². The molecule has 0 spiro atoms. The maximum absolute atomic E-state index is 5.71. The van der Waals surface area contributed by atoms with Gasteiger partial charge in [0, 0.05) is 23.2 Å². The van der Waals surface area contributed by atoms with Gasteiger partial charge in [0.1, 0.15) is 0 Å². The molecule has 2 aromatic rings. The summed E-state index contributed by atoms with van der Waals surface area (Å²) in [6, 6.07) is 8.27. The Bertz CT molecular complexity index is 846. The molecule has 2 aromatic carbocycles. The summed E-state index contributed by atoms with van der Waals surface area (Å²) in [6.45, 7) is 0. The Hall–Kier alpha value is -2.33. The van der Waals surface area contributed by atoms with Gasteiger partial charge in [-0.05, 0) is 35.0 Å². The Morgan fingerprint density at radius 2 is 2.11 bits per heavy atom. The molecule has 0 radical (unpaired) electrons. The van der Waals surface area contributed by atoms with Gasteiger partial charge in [0.25, 0.3) is 0 Å². The van der Waals surface area contributed by atoms with Crippen LogP contribution < -0.4 is 16.3 Å². The Labute approximate surface area is 103 Å². The van der Waals surface area contributed by atoms with Crippen LogP contribution in [-0.4, -0.2) is 18.7 Å². The molecular weight excluding hydrogens is 224 g/mol. The van der Waals surface area contributed by atoms with Gasteiger partial charge in [0.15, 0.2) is 6.29 Å². The lowest BCUT2D eigenvalue weighted by Gasteiger charge is -2.08. The van der Waals surface area contributed by atoms with Gasteiger partial charge in [-0.25, -0.2) is 4.99 Å². The van der Waals surface area contributed by atoms with Crippen LogP contribution in [0, 0.1) is 0 Å². The van der Waals surface area contributed by atoms with Gasteiger partial charge in [-0.15, -0.1) is 0 Å². The molecule has 4 nitrogen and oxygen atoms in total. The van der Waals surface area contributed by atoms with Gasteiger partial charge in [-0.1, -0.05) is 6.07 Å².